The molecule has 0 aromatic heterocycles. The van der Waals surface area contributed by atoms with Gasteiger partial charge in [0.25, 0.3) is 0 Å². The molecule has 1 saturated heterocycles. The Kier molecular flexibility index (Phi) is 8.10. The van der Waals surface area contributed by atoms with Crippen molar-refractivity contribution in [2.75, 3.05) is 13.1 Å². The molecule has 1 aromatic carbocycles. The average molecular weight is 428 g/mol. The fourth-order valence-electron chi connectivity index (χ4n) is 4.80. The summed E-state index contributed by atoms with van der Waals surface area (Å²) in [7, 11) is 0. The van der Waals surface area contributed by atoms with Gasteiger partial charge in [0.1, 0.15) is 0 Å². The summed E-state index contributed by atoms with van der Waals surface area (Å²) >= 11 is 0. The molecule has 6 nitrogen and oxygen atoms in total. The average Bonchev–Trinajstić information content (AvgIpc) is 2.76. The summed E-state index contributed by atoms with van der Waals surface area (Å²) < 4.78 is 0. The van der Waals surface area contributed by atoms with Crippen LogP contribution in [-0.2, 0) is 16.1 Å². The zero-order chi connectivity index (χ0) is 22.4. The van der Waals surface area contributed by atoms with Gasteiger partial charge in [-0.2, -0.15) is 0 Å². The Bertz CT molecular complexity index is 807. The van der Waals surface area contributed by atoms with E-state index in [0.717, 1.165) is 49.7 Å². The van der Waals surface area contributed by atoms with Crippen LogP contribution in [0, 0.1) is 19.8 Å². The topological polar surface area (TPSA) is 69.7 Å². The Morgan fingerprint density at radius 2 is 1.90 bits per heavy atom. The van der Waals surface area contributed by atoms with Crippen LogP contribution in [0.2, 0.25) is 0 Å². The number of carbonyl (C=O) groups is 3. The number of aryl methyl sites for hydroxylation is 2. The van der Waals surface area contributed by atoms with Gasteiger partial charge in [0, 0.05) is 32.1 Å². The van der Waals surface area contributed by atoms with Crippen LogP contribution in [0.15, 0.2) is 18.2 Å². The molecule has 2 fully saturated rings. The largest absolute Gasteiger partial charge is 0.356 e. The van der Waals surface area contributed by atoms with Crippen LogP contribution >= 0.6 is 0 Å². The summed E-state index contributed by atoms with van der Waals surface area (Å²) in [5, 5.41) is 2.90. The van der Waals surface area contributed by atoms with Crippen LogP contribution in [0.1, 0.15) is 75.0 Å². The molecule has 1 heterocycles. The zero-order valence-electron chi connectivity index (χ0n) is 19.3. The fraction of sp³-hybridized carbons (Fsp3) is 0.640. The van der Waals surface area contributed by atoms with Gasteiger partial charge in [-0.15, -0.1) is 0 Å². The molecular weight excluding hydrogens is 390 g/mol. The molecule has 1 saturated carbocycles. The number of nitrogens with zero attached hydrogens (tertiary/aromatic N) is 2. The van der Waals surface area contributed by atoms with Crippen molar-refractivity contribution in [2.24, 2.45) is 5.92 Å². The van der Waals surface area contributed by atoms with E-state index in [1.54, 1.807) is 0 Å². The fourth-order valence-corrected chi connectivity index (χ4v) is 4.80. The summed E-state index contributed by atoms with van der Waals surface area (Å²) in [6, 6.07) is 6.11. The van der Waals surface area contributed by atoms with Gasteiger partial charge in [0.05, 0.1) is 5.92 Å². The first-order valence-corrected chi connectivity index (χ1v) is 11.9. The van der Waals surface area contributed by atoms with E-state index in [1.807, 2.05) is 4.90 Å². The molecule has 0 bridgehead atoms. The number of rotatable bonds is 9. The lowest BCUT2D eigenvalue weighted by atomic mass is 9.81. The summed E-state index contributed by atoms with van der Waals surface area (Å²) in [5.41, 5.74) is 3.48. The van der Waals surface area contributed by atoms with E-state index in [9.17, 15) is 14.4 Å². The molecule has 0 radical (unpaired) electrons. The molecule has 1 aliphatic heterocycles. The molecule has 3 rings (SSSR count). The van der Waals surface area contributed by atoms with E-state index in [2.05, 4.69) is 44.3 Å². The summed E-state index contributed by atoms with van der Waals surface area (Å²) in [6.45, 7) is 7.75. The van der Waals surface area contributed by atoms with Crippen molar-refractivity contribution in [2.45, 2.75) is 84.7 Å². The van der Waals surface area contributed by atoms with E-state index in [0.29, 0.717) is 32.5 Å². The van der Waals surface area contributed by atoms with Crippen LogP contribution < -0.4 is 5.32 Å². The Balaban J connectivity index is 1.70. The second kappa shape index (κ2) is 10.8. The highest BCUT2D eigenvalue weighted by Crippen LogP contribution is 2.35. The maximum absolute atomic E-state index is 13.4. The minimum absolute atomic E-state index is 0.00635. The minimum Gasteiger partial charge on any atom is -0.356 e. The number of fused-ring (bicyclic) bond motifs is 1. The number of urea groups is 1. The van der Waals surface area contributed by atoms with Gasteiger partial charge in [-0.05, 0) is 50.7 Å². The molecule has 2 atom stereocenters. The van der Waals surface area contributed by atoms with Gasteiger partial charge in [0.2, 0.25) is 11.8 Å². The summed E-state index contributed by atoms with van der Waals surface area (Å²) in [6.07, 6.45) is 6.67. The van der Waals surface area contributed by atoms with Gasteiger partial charge < -0.3 is 10.2 Å². The molecule has 4 amide bonds. The smallest absolute Gasteiger partial charge is 0.327 e. The molecule has 6 heteroatoms. The third kappa shape index (κ3) is 5.66. The Hall–Kier alpha value is -2.37. The standard InChI is InChI=1S/C25H37N3O3/c1-4-5-14-26-23(29)11-8-15-27-24(30)21-9-6-7-10-22(21)28(25(27)31)17-20-16-18(2)12-13-19(20)3/h12-13,16,21-22H,4-11,14-15,17H2,1-3H3,(H,26,29). The first-order chi connectivity index (χ1) is 14.9. The third-order valence-electron chi connectivity index (χ3n) is 6.67. The monoisotopic (exact) mass is 427 g/mol. The number of amides is 4. The van der Waals surface area contributed by atoms with Crippen LogP contribution in [-0.4, -0.2) is 46.8 Å². The molecule has 170 valence electrons. The highest BCUT2D eigenvalue weighted by molar-refractivity contribution is 5.98. The lowest BCUT2D eigenvalue weighted by Crippen LogP contribution is -2.62. The minimum atomic E-state index is -0.194. The van der Waals surface area contributed by atoms with E-state index in [1.165, 1.54) is 10.5 Å². The lowest BCUT2D eigenvalue weighted by molar-refractivity contribution is -0.141. The number of hydrogen-bond acceptors (Lipinski definition) is 3. The van der Waals surface area contributed by atoms with Crippen molar-refractivity contribution in [1.82, 2.24) is 15.1 Å². The lowest BCUT2D eigenvalue weighted by Gasteiger charge is -2.47. The number of nitrogens with one attached hydrogen (secondary N) is 1. The van der Waals surface area contributed by atoms with Crippen molar-refractivity contribution in [3.8, 4) is 0 Å². The molecule has 1 aliphatic carbocycles. The molecule has 2 aliphatic rings. The predicted molar refractivity (Wildman–Crippen MR) is 121 cm³/mol. The quantitative estimate of drug-likeness (QED) is 0.597. The molecule has 2 unspecified atom stereocenters. The van der Waals surface area contributed by atoms with Crippen LogP contribution in [0.25, 0.3) is 0 Å². The molecule has 31 heavy (non-hydrogen) atoms. The number of imide groups is 1. The first kappa shape index (κ1) is 23.3. The zero-order valence-corrected chi connectivity index (χ0v) is 19.3. The van der Waals surface area contributed by atoms with Crippen molar-refractivity contribution < 1.29 is 14.4 Å². The second-order valence-electron chi connectivity index (χ2n) is 9.10. The van der Waals surface area contributed by atoms with E-state index < -0.39 is 0 Å². The van der Waals surface area contributed by atoms with Gasteiger partial charge >= 0.3 is 6.03 Å². The molecule has 1 aromatic rings. The number of unbranched alkanes of at least 4 members (excludes halogenated alkanes) is 1. The van der Waals surface area contributed by atoms with E-state index in [-0.39, 0.29) is 29.8 Å². The van der Waals surface area contributed by atoms with Crippen LogP contribution in [0.5, 0.6) is 0 Å². The van der Waals surface area contributed by atoms with Crippen molar-refractivity contribution in [3.05, 3.63) is 34.9 Å². The number of benzene rings is 1. The maximum Gasteiger partial charge on any atom is 0.327 e. The molecular formula is C25H37N3O3. The third-order valence-corrected chi connectivity index (χ3v) is 6.67. The van der Waals surface area contributed by atoms with Gasteiger partial charge in [-0.3, -0.25) is 14.5 Å². The van der Waals surface area contributed by atoms with Crippen LogP contribution in [0.4, 0.5) is 4.79 Å². The molecule has 1 N–H and O–H groups in total. The van der Waals surface area contributed by atoms with Crippen molar-refractivity contribution in [3.63, 3.8) is 0 Å². The summed E-state index contributed by atoms with van der Waals surface area (Å²) in [5.74, 6) is -0.165. The van der Waals surface area contributed by atoms with E-state index in [4.69, 9.17) is 0 Å². The summed E-state index contributed by atoms with van der Waals surface area (Å²) in [4.78, 5) is 41.9. The molecule has 0 spiro atoms. The van der Waals surface area contributed by atoms with Crippen molar-refractivity contribution >= 4 is 17.8 Å². The highest BCUT2D eigenvalue weighted by Gasteiger charge is 2.46. The van der Waals surface area contributed by atoms with E-state index >= 15 is 0 Å². The number of hydrogen-bond donors (Lipinski definition) is 1. The van der Waals surface area contributed by atoms with Crippen LogP contribution in [0.3, 0.4) is 0 Å². The Labute approximate surface area is 186 Å². The Morgan fingerprint density at radius 3 is 2.68 bits per heavy atom. The van der Waals surface area contributed by atoms with Gasteiger partial charge in [0.15, 0.2) is 0 Å². The second-order valence-corrected chi connectivity index (χ2v) is 9.10. The van der Waals surface area contributed by atoms with Gasteiger partial charge in [-0.25, -0.2) is 4.79 Å². The maximum atomic E-state index is 13.4. The highest BCUT2D eigenvalue weighted by atomic mass is 16.2. The number of carbonyl (C=O) groups excluding carboxylic acids is 3. The SMILES string of the molecule is CCCCNC(=O)CCCN1C(=O)C2CCCCC2N(Cc2cc(C)ccc2C)C1=O. The first-order valence-electron chi connectivity index (χ1n) is 11.9. The van der Waals surface area contributed by atoms with Crippen molar-refractivity contribution in [1.29, 1.82) is 0 Å². The van der Waals surface area contributed by atoms with Gasteiger partial charge in [-0.1, -0.05) is 49.9 Å². The normalized spacial score (nSPS) is 21.3. The Morgan fingerprint density at radius 1 is 1.13 bits per heavy atom. The predicted octanol–water partition coefficient (Wildman–Crippen LogP) is 4.32.